The largest absolute Gasteiger partial charge is 0.486 e. The first-order chi connectivity index (χ1) is 17.0. The summed E-state index contributed by atoms with van der Waals surface area (Å²) in [6, 6.07) is 5.51. The van der Waals surface area contributed by atoms with Crippen LogP contribution in [-0.2, 0) is 6.42 Å². The number of alkyl halides is 3. The number of rotatable bonds is 9. The van der Waals surface area contributed by atoms with Crippen LogP contribution < -0.4 is 19.7 Å². The Morgan fingerprint density at radius 3 is 2.50 bits per heavy atom. The zero-order valence-electron chi connectivity index (χ0n) is 20.9. The van der Waals surface area contributed by atoms with Crippen LogP contribution in [0.4, 0.5) is 30.6 Å². The molecule has 8 nitrogen and oxygen atoms in total. The van der Waals surface area contributed by atoms with Crippen LogP contribution in [0, 0.1) is 12.3 Å². The lowest BCUT2D eigenvalue weighted by Gasteiger charge is -2.26. The van der Waals surface area contributed by atoms with Gasteiger partial charge in [-0.3, -0.25) is 5.41 Å². The number of anilines is 3. The molecule has 1 aromatic heterocycles. The highest BCUT2D eigenvalue weighted by atomic mass is 19.4. The van der Waals surface area contributed by atoms with Crippen LogP contribution >= 0.6 is 0 Å². The Bertz CT molecular complexity index is 1150. The van der Waals surface area contributed by atoms with Crippen molar-refractivity contribution in [2.75, 3.05) is 50.6 Å². The summed E-state index contributed by atoms with van der Waals surface area (Å²) in [6.45, 7) is 8.29. The lowest BCUT2D eigenvalue weighted by Crippen LogP contribution is -2.37. The molecule has 0 saturated carbocycles. The molecule has 0 spiro atoms. The number of aromatic nitrogens is 2. The van der Waals surface area contributed by atoms with E-state index in [1.165, 1.54) is 4.90 Å². The Balaban J connectivity index is 1.86. The summed E-state index contributed by atoms with van der Waals surface area (Å²) in [5.41, 5.74) is 1.14. The van der Waals surface area contributed by atoms with Gasteiger partial charge < -0.3 is 24.6 Å². The molecular weight excluding hydrogens is 473 g/mol. The number of likely N-dealkylation sites (N-methyl/N-ethyl adjacent to an activating group) is 1. The van der Waals surface area contributed by atoms with E-state index >= 15 is 0 Å². The first-order valence-electron chi connectivity index (χ1n) is 11.5. The molecule has 0 amide bonds. The van der Waals surface area contributed by atoms with E-state index in [1.807, 2.05) is 39.2 Å². The Kier molecular flexibility index (Phi) is 8.44. The number of allylic oxidation sites excluding steroid dienone is 2. The molecule has 1 aliphatic rings. The fourth-order valence-corrected chi connectivity index (χ4v) is 3.64. The van der Waals surface area contributed by atoms with E-state index < -0.39 is 17.6 Å². The number of fused-ring (bicyclic) bond motifs is 1. The summed E-state index contributed by atoms with van der Waals surface area (Å²) in [7, 11) is 3.62. The number of ether oxygens (including phenoxy) is 2. The van der Waals surface area contributed by atoms with Crippen molar-refractivity contribution in [1.82, 2.24) is 14.9 Å². The standard InChI is InChI=1S/C25H31F3N6O2/c1-6-8-18(25(26,27)28)22(29)34(7-2)12-11-19-16(3)23(32-24(31-19)33(4)5)30-17-9-10-20-21(15-17)36-14-13-35-20/h6,8-10,15,29H,1,7,11-14H2,2-5H3,(H,30,31,32)/b18-8+,29-22?. The van der Waals surface area contributed by atoms with Crippen molar-refractivity contribution in [1.29, 1.82) is 5.41 Å². The van der Waals surface area contributed by atoms with Crippen molar-refractivity contribution in [3.05, 3.63) is 53.8 Å². The molecule has 1 aliphatic heterocycles. The fourth-order valence-electron chi connectivity index (χ4n) is 3.64. The van der Waals surface area contributed by atoms with E-state index in [1.54, 1.807) is 11.8 Å². The molecule has 0 saturated heterocycles. The van der Waals surface area contributed by atoms with Crippen LogP contribution in [0.3, 0.4) is 0 Å². The first-order valence-corrected chi connectivity index (χ1v) is 11.5. The monoisotopic (exact) mass is 504 g/mol. The van der Waals surface area contributed by atoms with Crippen molar-refractivity contribution in [3.8, 4) is 11.5 Å². The van der Waals surface area contributed by atoms with E-state index in [-0.39, 0.29) is 13.1 Å². The van der Waals surface area contributed by atoms with E-state index in [9.17, 15) is 13.2 Å². The average Bonchev–Trinajstić information content (AvgIpc) is 2.83. The van der Waals surface area contributed by atoms with Gasteiger partial charge in [-0.05, 0) is 32.1 Å². The maximum Gasteiger partial charge on any atom is 0.419 e. The molecule has 11 heteroatoms. The molecule has 0 fully saturated rings. The minimum absolute atomic E-state index is 0.175. The number of benzene rings is 1. The van der Waals surface area contributed by atoms with Crippen LogP contribution in [0.2, 0.25) is 0 Å². The van der Waals surface area contributed by atoms with Crippen LogP contribution in [-0.4, -0.2) is 67.3 Å². The van der Waals surface area contributed by atoms with Gasteiger partial charge in [0.05, 0.1) is 11.3 Å². The summed E-state index contributed by atoms with van der Waals surface area (Å²) in [5, 5.41) is 11.5. The van der Waals surface area contributed by atoms with Gasteiger partial charge in [0.25, 0.3) is 0 Å². The highest BCUT2D eigenvalue weighted by molar-refractivity contribution is 5.97. The summed E-state index contributed by atoms with van der Waals surface area (Å²) < 4.78 is 51.6. The fraction of sp³-hybridized carbons (Fsp3) is 0.400. The molecule has 2 aromatic rings. The van der Waals surface area contributed by atoms with Crippen molar-refractivity contribution in [2.45, 2.75) is 26.4 Å². The molecule has 0 unspecified atom stereocenters. The summed E-state index contributed by atoms with van der Waals surface area (Å²) in [4.78, 5) is 12.4. The number of amidine groups is 1. The predicted octanol–water partition coefficient (Wildman–Crippen LogP) is 4.88. The maximum absolute atomic E-state index is 13.5. The second-order valence-corrected chi connectivity index (χ2v) is 8.31. The SMILES string of the molecule is C=C/C=C(\C(=N)N(CC)CCc1nc(N(C)C)nc(Nc2ccc3c(c2)OCCO3)c1C)C(F)(F)F. The Labute approximate surface area is 208 Å². The normalized spacial score (nSPS) is 13.2. The van der Waals surface area contributed by atoms with Crippen molar-refractivity contribution in [3.63, 3.8) is 0 Å². The van der Waals surface area contributed by atoms with Gasteiger partial charge in [-0.2, -0.15) is 18.2 Å². The third-order valence-corrected chi connectivity index (χ3v) is 5.60. The number of nitrogens with zero attached hydrogens (tertiary/aromatic N) is 4. The smallest absolute Gasteiger partial charge is 0.419 e. The Morgan fingerprint density at radius 1 is 1.19 bits per heavy atom. The number of halogens is 3. The molecule has 0 radical (unpaired) electrons. The maximum atomic E-state index is 13.5. The molecule has 194 valence electrons. The molecule has 2 N–H and O–H groups in total. The van der Waals surface area contributed by atoms with Crippen molar-refractivity contribution in [2.24, 2.45) is 0 Å². The number of hydrogen-bond donors (Lipinski definition) is 2. The topological polar surface area (TPSA) is 86.6 Å². The highest BCUT2D eigenvalue weighted by Gasteiger charge is 2.37. The van der Waals surface area contributed by atoms with Crippen LogP contribution in [0.1, 0.15) is 18.2 Å². The molecule has 0 aliphatic carbocycles. The minimum atomic E-state index is -4.65. The Hall–Kier alpha value is -3.76. The summed E-state index contributed by atoms with van der Waals surface area (Å²) in [5.74, 6) is 1.74. The third kappa shape index (κ3) is 6.27. The zero-order valence-corrected chi connectivity index (χ0v) is 20.9. The van der Waals surface area contributed by atoms with Gasteiger partial charge in [0.2, 0.25) is 5.95 Å². The summed E-state index contributed by atoms with van der Waals surface area (Å²) >= 11 is 0. The van der Waals surface area contributed by atoms with Gasteiger partial charge in [-0.1, -0.05) is 12.7 Å². The predicted molar refractivity (Wildman–Crippen MR) is 135 cm³/mol. The molecule has 3 rings (SSSR count). The molecule has 36 heavy (non-hydrogen) atoms. The van der Waals surface area contributed by atoms with E-state index in [2.05, 4.69) is 21.9 Å². The number of nitrogens with one attached hydrogen (secondary N) is 2. The molecule has 0 atom stereocenters. The van der Waals surface area contributed by atoms with Gasteiger partial charge in [-0.15, -0.1) is 0 Å². The quantitative estimate of drug-likeness (QED) is 0.286. The second kappa shape index (κ2) is 11.3. The molecule has 1 aromatic carbocycles. The van der Waals surface area contributed by atoms with Gasteiger partial charge in [0.15, 0.2) is 11.5 Å². The van der Waals surface area contributed by atoms with Crippen LogP contribution in [0.15, 0.2) is 42.5 Å². The third-order valence-electron chi connectivity index (χ3n) is 5.60. The zero-order chi connectivity index (χ0) is 26.5. The molecule has 0 bridgehead atoms. The summed E-state index contributed by atoms with van der Waals surface area (Å²) in [6.07, 6.45) is -2.47. The van der Waals surface area contributed by atoms with Crippen LogP contribution in [0.25, 0.3) is 0 Å². The van der Waals surface area contributed by atoms with E-state index in [0.717, 1.165) is 23.4 Å². The number of hydrogen-bond acceptors (Lipinski definition) is 7. The van der Waals surface area contributed by atoms with E-state index in [4.69, 9.17) is 14.9 Å². The van der Waals surface area contributed by atoms with Gasteiger partial charge in [0, 0.05) is 50.9 Å². The van der Waals surface area contributed by atoms with Gasteiger partial charge in [-0.25, -0.2) is 4.98 Å². The van der Waals surface area contributed by atoms with Crippen molar-refractivity contribution < 1.29 is 22.6 Å². The second-order valence-electron chi connectivity index (χ2n) is 8.31. The minimum Gasteiger partial charge on any atom is -0.486 e. The highest BCUT2D eigenvalue weighted by Crippen LogP contribution is 2.34. The van der Waals surface area contributed by atoms with Crippen LogP contribution in [0.5, 0.6) is 11.5 Å². The van der Waals surface area contributed by atoms with E-state index in [0.29, 0.717) is 48.6 Å². The Morgan fingerprint density at radius 2 is 1.89 bits per heavy atom. The van der Waals surface area contributed by atoms with Gasteiger partial charge in [0.1, 0.15) is 24.9 Å². The van der Waals surface area contributed by atoms with Gasteiger partial charge >= 0.3 is 6.18 Å². The lowest BCUT2D eigenvalue weighted by atomic mass is 10.1. The lowest BCUT2D eigenvalue weighted by molar-refractivity contribution is -0.0870. The van der Waals surface area contributed by atoms with Crippen molar-refractivity contribution >= 4 is 23.3 Å². The first kappa shape index (κ1) is 26.8. The molecule has 2 heterocycles. The average molecular weight is 505 g/mol. The molecular formula is C25H31F3N6O2.